The number of hydrogen-bond donors (Lipinski definition) is 2. The Morgan fingerprint density at radius 2 is 1.74 bits per heavy atom. The minimum atomic E-state index is -3.14. The van der Waals surface area contributed by atoms with Crippen molar-refractivity contribution in [3.05, 3.63) is 71.5 Å². The molecule has 0 saturated heterocycles. The van der Waals surface area contributed by atoms with Crippen molar-refractivity contribution >= 4 is 50.7 Å². The SMILES string of the molecule is CCNC(=NCc1oc2ccccc2c1C)NCCCS(=O)(=O)Cc1ccccc1.I. The molecule has 0 unspecified atom stereocenters. The van der Waals surface area contributed by atoms with Crippen LogP contribution in [0.5, 0.6) is 0 Å². The third-order valence-corrected chi connectivity index (χ3v) is 6.51. The van der Waals surface area contributed by atoms with Gasteiger partial charge < -0.3 is 15.1 Å². The molecule has 8 heteroatoms. The lowest BCUT2D eigenvalue weighted by Gasteiger charge is -2.11. The van der Waals surface area contributed by atoms with Crippen LogP contribution < -0.4 is 10.6 Å². The van der Waals surface area contributed by atoms with Gasteiger partial charge in [0.2, 0.25) is 0 Å². The molecule has 6 nitrogen and oxygen atoms in total. The summed E-state index contributed by atoms with van der Waals surface area (Å²) < 4.78 is 30.5. The van der Waals surface area contributed by atoms with Gasteiger partial charge in [0.25, 0.3) is 0 Å². The third kappa shape index (κ3) is 7.53. The van der Waals surface area contributed by atoms with Gasteiger partial charge in [-0.2, -0.15) is 0 Å². The van der Waals surface area contributed by atoms with Gasteiger partial charge in [0.05, 0.1) is 11.5 Å². The molecule has 2 aromatic carbocycles. The van der Waals surface area contributed by atoms with Crippen molar-refractivity contribution < 1.29 is 12.8 Å². The molecule has 0 saturated carbocycles. The van der Waals surface area contributed by atoms with Crippen molar-refractivity contribution in [2.24, 2.45) is 4.99 Å². The Labute approximate surface area is 201 Å². The molecule has 0 fully saturated rings. The van der Waals surface area contributed by atoms with E-state index in [2.05, 4.69) is 15.6 Å². The zero-order valence-electron chi connectivity index (χ0n) is 17.9. The maximum absolute atomic E-state index is 12.3. The van der Waals surface area contributed by atoms with Gasteiger partial charge in [-0.05, 0) is 31.9 Å². The smallest absolute Gasteiger partial charge is 0.191 e. The Kier molecular flexibility index (Phi) is 9.83. The second-order valence-corrected chi connectivity index (χ2v) is 9.38. The van der Waals surface area contributed by atoms with Crippen molar-refractivity contribution in [1.82, 2.24) is 10.6 Å². The number of aliphatic imine (C=N–C) groups is 1. The number of nitrogens with zero attached hydrogens (tertiary/aromatic N) is 1. The monoisotopic (exact) mass is 555 g/mol. The van der Waals surface area contributed by atoms with Crippen LogP contribution in [0.3, 0.4) is 0 Å². The number of nitrogens with one attached hydrogen (secondary N) is 2. The van der Waals surface area contributed by atoms with E-state index in [1.54, 1.807) is 0 Å². The van der Waals surface area contributed by atoms with Gasteiger partial charge in [0.15, 0.2) is 15.8 Å². The molecule has 0 aliphatic rings. The van der Waals surface area contributed by atoms with Gasteiger partial charge in [-0.3, -0.25) is 0 Å². The van der Waals surface area contributed by atoms with Gasteiger partial charge >= 0.3 is 0 Å². The van der Waals surface area contributed by atoms with Crippen molar-refractivity contribution in [3.8, 4) is 0 Å². The van der Waals surface area contributed by atoms with E-state index in [1.165, 1.54) is 0 Å². The molecular formula is C23H30IN3O3S. The van der Waals surface area contributed by atoms with Crippen LogP contribution in [0.4, 0.5) is 0 Å². The summed E-state index contributed by atoms with van der Waals surface area (Å²) in [6.45, 7) is 5.70. The number of aryl methyl sites for hydroxylation is 1. The minimum absolute atomic E-state index is 0. The topological polar surface area (TPSA) is 83.7 Å². The van der Waals surface area contributed by atoms with Crippen LogP contribution in [-0.2, 0) is 22.1 Å². The van der Waals surface area contributed by atoms with Gasteiger partial charge in [-0.25, -0.2) is 13.4 Å². The molecule has 0 spiro atoms. The Hall–Kier alpha value is -2.07. The lowest BCUT2D eigenvalue weighted by atomic mass is 10.1. The number of rotatable bonds is 9. The zero-order valence-corrected chi connectivity index (χ0v) is 21.1. The molecule has 0 atom stereocenters. The van der Waals surface area contributed by atoms with Crippen molar-refractivity contribution in [3.63, 3.8) is 0 Å². The highest BCUT2D eigenvalue weighted by Gasteiger charge is 2.12. The second-order valence-electron chi connectivity index (χ2n) is 7.20. The number of halogens is 1. The van der Waals surface area contributed by atoms with Crippen molar-refractivity contribution in [1.29, 1.82) is 0 Å². The van der Waals surface area contributed by atoms with Crippen LogP contribution in [0.1, 0.15) is 30.2 Å². The number of furan rings is 1. The quantitative estimate of drug-likeness (QED) is 0.177. The van der Waals surface area contributed by atoms with Crippen LogP contribution in [0.15, 0.2) is 64.0 Å². The van der Waals surface area contributed by atoms with Crippen molar-refractivity contribution in [2.75, 3.05) is 18.8 Å². The Morgan fingerprint density at radius 3 is 2.45 bits per heavy atom. The predicted octanol–water partition coefficient (Wildman–Crippen LogP) is 4.42. The molecule has 0 radical (unpaired) electrons. The normalized spacial score (nSPS) is 11.9. The first kappa shape index (κ1) is 25.2. The summed E-state index contributed by atoms with van der Waals surface area (Å²) in [5.41, 5.74) is 2.78. The molecule has 3 rings (SSSR count). The Balaban J connectivity index is 0.00000341. The van der Waals surface area contributed by atoms with E-state index in [0.29, 0.717) is 25.5 Å². The summed E-state index contributed by atoms with van der Waals surface area (Å²) in [7, 11) is -3.14. The third-order valence-electron chi connectivity index (χ3n) is 4.82. The van der Waals surface area contributed by atoms with Gasteiger partial charge in [0, 0.05) is 24.0 Å². The van der Waals surface area contributed by atoms with E-state index in [4.69, 9.17) is 4.42 Å². The van der Waals surface area contributed by atoms with E-state index >= 15 is 0 Å². The van der Waals surface area contributed by atoms with Crippen LogP contribution >= 0.6 is 24.0 Å². The number of hydrogen-bond acceptors (Lipinski definition) is 4. The molecule has 0 aliphatic carbocycles. The molecule has 1 aromatic heterocycles. The van der Waals surface area contributed by atoms with Gasteiger partial charge in [-0.1, -0.05) is 48.5 Å². The van der Waals surface area contributed by atoms with Gasteiger partial charge in [0.1, 0.15) is 17.9 Å². The molecule has 0 bridgehead atoms. The highest BCUT2D eigenvalue weighted by molar-refractivity contribution is 14.0. The number of sulfone groups is 1. The molecule has 31 heavy (non-hydrogen) atoms. The minimum Gasteiger partial charge on any atom is -0.459 e. The average molecular weight is 555 g/mol. The summed E-state index contributed by atoms with van der Waals surface area (Å²) in [4.78, 5) is 4.59. The first-order chi connectivity index (χ1) is 14.5. The van der Waals surface area contributed by atoms with E-state index in [1.807, 2.05) is 68.4 Å². The lowest BCUT2D eigenvalue weighted by Crippen LogP contribution is -2.38. The van der Waals surface area contributed by atoms with E-state index in [0.717, 1.165) is 34.4 Å². The van der Waals surface area contributed by atoms with Crippen LogP contribution in [-0.4, -0.2) is 33.2 Å². The highest BCUT2D eigenvalue weighted by Crippen LogP contribution is 2.25. The fourth-order valence-electron chi connectivity index (χ4n) is 3.27. The zero-order chi connectivity index (χ0) is 21.4. The maximum Gasteiger partial charge on any atom is 0.191 e. The second kappa shape index (κ2) is 12.1. The largest absolute Gasteiger partial charge is 0.459 e. The summed E-state index contributed by atoms with van der Waals surface area (Å²) in [5.74, 6) is 1.70. The molecule has 168 valence electrons. The Bertz CT molecular complexity index is 1100. The lowest BCUT2D eigenvalue weighted by molar-refractivity contribution is 0.548. The van der Waals surface area contributed by atoms with E-state index < -0.39 is 9.84 Å². The van der Waals surface area contributed by atoms with Crippen molar-refractivity contribution in [2.45, 2.75) is 32.6 Å². The molecule has 0 aliphatic heterocycles. The first-order valence-corrected chi connectivity index (χ1v) is 12.0. The van der Waals surface area contributed by atoms with Crippen LogP contribution in [0.2, 0.25) is 0 Å². The highest BCUT2D eigenvalue weighted by atomic mass is 127. The van der Waals surface area contributed by atoms with E-state index in [-0.39, 0.29) is 35.5 Å². The predicted molar refractivity (Wildman–Crippen MR) is 138 cm³/mol. The fraction of sp³-hybridized carbons (Fsp3) is 0.348. The summed E-state index contributed by atoms with van der Waals surface area (Å²) in [6, 6.07) is 17.2. The summed E-state index contributed by atoms with van der Waals surface area (Å²) in [6.07, 6.45) is 0.517. The Morgan fingerprint density at radius 1 is 1.03 bits per heavy atom. The number of para-hydroxylation sites is 1. The molecule has 2 N–H and O–H groups in total. The number of fused-ring (bicyclic) bond motifs is 1. The van der Waals surface area contributed by atoms with Gasteiger partial charge in [-0.15, -0.1) is 24.0 Å². The first-order valence-electron chi connectivity index (χ1n) is 10.2. The average Bonchev–Trinajstić information content (AvgIpc) is 3.05. The summed E-state index contributed by atoms with van der Waals surface area (Å²) in [5, 5.41) is 7.51. The van der Waals surface area contributed by atoms with Crippen LogP contribution in [0.25, 0.3) is 11.0 Å². The number of benzene rings is 2. The number of guanidine groups is 1. The van der Waals surface area contributed by atoms with Crippen LogP contribution in [0, 0.1) is 6.92 Å². The molecule has 3 aromatic rings. The van der Waals surface area contributed by atoms with E-state index in [9.17, 15) is 8.42 Å². The molecule has 1 heterocycles. The summed E-state index contributed by atoms with van der Waals surface area (Å²) >= 11 is 0. The standard InChI is InChI=1S/C23H29N3O3S.HI/c1-3-24-23(26-16-22-18(2)20-12-7-8-13-21(20)29-22)25-14-9-15-30(27,28)17-19-10-5-4-6-11-19;/h4-8,10-13H,3,9,14-17H2,1-2H3,(H2,24,25,26);1H. The molecule has 0 amide bonds. The maximum atomic E-state index is 12.3. The fourth-order valence-corrected chi connectivity index (χ4v) is 4.70. The molecular weight excluding hydrogens is 525 g/mol.